The zero-order valence-corrected chi connectivity index (χ0v) is 19.6. The number of benzene rings is 1. The average molecular weight is 469 g/mol. The third-order valence-electron chi connectivity index (χ3n) is 5.46. The minimum Gasteiger partial charge on any atom is -0.493 e. The van der Waals surface area contributed by atoms with E-state index in [0.717, 1.165) is 0 Å². The number of hydrogen-bond donors (Lipinski definition) is 1. The van der Waals surface area contributed by atoms with E-state index in [9.17, 15) is 18.0 Å². The van der Waals surface area contributed by atoms with Crippen molar-refractivity contribution in [3.05, 3.63) is 29.8 Å². The van der Waals surface area contributed by atoms with Gasteiger partial charge in [-0.3, -0.25) is 9.59 Å². The molecule has 1 aromatic rings. The molecule has 0 aliphatic carbocycles. The molecule has 0 saturated carbocycles. The Labute approximate surface area is 189 Å². The predicted octanol–water partition coefficient (Wildman–Crippen LogP) is 0.313. The Morgan fingerprint density at radius 1 is 1.06 bits per heavy atom. The lowest BCUT2D eigenvalue weighted by Crippen LogP contribution is -2.58. The Morgan fingerprint density at radius 3 is 2.31 bits per heavy atom. The minimum absolute atomic E-state index is 0.159. The van der Waals surface area contributed by atoms with Gasteiger partial charge in [0, 0.05) is 39.3 Å². The highest BCUT2D eigenvalue weighted by molar-refractivity contribution is 7.86. The molecule has 178 valence electrons. The van der Waals surface area contributed by atoms with Crippen molar-refractivity contribution in [2.24, 2.45) is 0 Å². The SMILES string of the molecule is CCOc1ccccc1C(=O)NCC(=O)N1CCN(S(=O)(=O)N2CC(C)OC(C)C2)CC1. The lowest BCUT2D eigenvalue weighted by molar-refractivity contribution is -0.131. The first-order valence-electron chi connectivity index (χ1n) is 10.9. The van der Waals surface area contributed by atoms with Gasteiger partial charge in [0.15, 0.2) is 0 Å². The molecular weight excluding hydrogens is 436 g/mol. The summed E-state index contributed by atoms with van der Waals surface area (Å²) < 4.78 is 39.9. The van der Waals surface area contributed by atoms with E-state index in [4.69, 9.17) is 9.47 Å². The number of amides is 2. The molecule has 1 aromatic carbocycles. The van der Waals surface area contributed by atoms with Crippen molar-refractivity contribution in [3.8, 4) is 5.75 Å². The van der Waals surface area contributed by atoms with Crippen LogP contribution in [-0.4, -0.2) is 98.4 Å². The standard InChI is InChI=1S/C21H32N4O6S/c1-4-30-19-8-6-5-7-18(19)21(27)22-13-20(26)23-9-11-24(12-10-23)32(28,29)25-14-16(2)31-17(3)15-25/h5-8,16-17H,4,9-15H2,1-3H3,(H,22,27). The largest absolute Gasteiger partial charge is 0.493 e. The lowest BCUT2D eigenvalue weighted by atomic mass is 10.2. The number of rotatable bonds is 7. The van der Waals surface area contributed by atoms with Crippen LogP contribution in [0.2, 0.25) is 0 Å². The van der Waals surface area contributed by atoms with Gasteiger partial charge in [0.05, 0.1) is 30.9 Å². The maximum absolute atomic E-state index is 13.0. The first-order chi connectivity index (χ1) is 15.2. The normalized spacial score (nSPS) is 23.0. The Bertz CT molecular complexity index is 907. The van der Waals surface area contributed by atoms with E-state index in [0.29, 0.717) is 31.0 Å². The van der Waals surface area contributed by atoms with Gasteiger partial charge in [0.1, 0.15) is 5.75 Å². The van der Waals surface area contributed by atoms with Crippen molar-refractivity contribution in [2.45, 2.75) is 33.0 Å². The maximum Gasteiger partial charge on any atom is 0.282 e. The van der Waals surface area contributed by atoms with Crippen LogP contribution in [0.5, 0.6) is 5.75 Å². The van der Waals surface area contributed by atoms with Gasteiger partial charge in [-0.15, -0.1) is 0 Å². The summed E-state index contributed by atoms with van der Waals surface area (Å²) in [5.41, 5.74) is 0.368. The predicted molar refractivity (Wildman–Crippen MR) is 119 cm³/mol. The monoisotopic (exact) mass is 468 g/mol. The van der Waals surface area contributed by atoms with Crippen molar-refractivity contribution in [1.82, 2.24) is 18.8 Å². The summed E-state index contributed by atoms with van der Waals surface area (Å²) >= 11 is 0. The smallest absolute Gasteiger partial charge is 0.282 e. The van der Waals surface area contributed by atoms with Crippen LogP contribution < -0.4 is 10.1 Å². The average Bonchev–Trinajstić information content (AvgIpc) is 2.77. The second-order valence-electron chi connectivity index (χ2n) is 7.97. The first-order valence-corrected chi connectivity index (χ1v) is 12.3. The first kappa shape index (κ1) is 24.4. The molecule has 1 N–H and O–H groups in total. The van der Waals surface area contributed by atoms with Crippen LogP contribution in [0, 0.1) is 0 Å². The van der Waals surface area contributed by atoms with Crippen LogP contribution in [0.3, 0.4) is 0 Å². The van der Waals surface area contributed by atoms with E-state index in [2.05, 4.69) is 5.32 Å². The fourth-order valence-corrected chi connectivity index (χ4v) is 5.70. The molecule has 2 heterocycles. The second kappa shape index (κ2) is 10.6. The number of ether oxygens (including phenoxy) is 2. The topological polar surface area (TPSA) is 108 Å². The van der Waals surface area contributed by atoms with Crippen LogP contribution in [0.4, 0.5) is 0 Å². The summed E-state index contributed by atoms with van der Waals surface area (Å²) in [7, 11) is -3.61. The molecule has 2 unspecified atom stereocenters. The van der Waals surface area contributed by atoms with Crippen molar-refractivity contribution in [3.63, 3.8) is 0 Å². The van der Waals surface area contributed by atoms with E-state index in [-0.39, 0.29) is 56.7 Å². The number of hydrogen-bond acceptors (Lipinski definition) is 6. The number of nitrogens with one attached hydrogen (secondary N) is 1. The molecule has 2 saturated heterocycles. The Balaban J connectivity index is 1.51. The highest BCUT2D eigenvalue weighted by Gasteiger charge is 2.37. The van der Waals surface area contributed by atoms with Crippen molar-refractivity contribution in [1.29, 1.82) is 0 Å². The van der Waals surface area contributed by atoms with E-state index >= 15 is 0 Å². The summed E-state index contributed by atoms with van der Waals surface area (Å²) in [5, 5.41) is 2.63. The van der Waals surface area contributed by atoms with E-state index in [1.165, 1.54) is 8.61 Å². The summed E-state index contributed by atoms with van der Waals surface area (Å²) in [6, 6.07) is 6.85. The fourth-order valence-electron chi connectivity index (χ4n) is 3.95. The van der Waals surface area contributed by atoms with E-state index in [1.807, 2.05) is 20.8 Å². The van der Waals surface area contributed by atoms with Crippen LogP contribution in [-0.2, 0) is 19.7 Å². The zero-order chi connectivity index (χ0) is 23.3. The Kier molecular flexibility index (Phi) is 8.10. The Morgan fingerprint density at radius 2 is 1.69 bits per heavy atom. The number of carbonyl (C=O) groups is 2. The van der Waals surface area contributed by atoms with Gasteiger partial charge in [-0.1, -0.05) is 12.1 Å². The highest BCUT2D eigenvalue weighted by atomic mass is 32.2. The molecule has 32 heavy (non-hydrogen) atoms. The molecule has 0 bridgehead atoms. The lowest BCUT2D eigenvalue weighted by Gasteiger charge is -2.40. The van der Waals surface area contributed by atoms with Crippen LogP contribution in [0.25, 0.3) is 0 Å². The molecule has 0 radical (unpaired) electrons. The highest BCUT2D eigenvalue weighted by Crippen LogP contribution is 2.19. The van der Waals surface area contributed by atoms with Gasteiger partial charge in [-0.25, -0.2) is 0 Å². The maximum atomic E-state index is 13.0. The number of piperazine rings is 1. The molecule has 0 aromatic heterocycles. The van der Waals surface area contributed by atoms with Gasteiger partial charge in [-0.05, 0) is 32.9 Å². The molecular formula is C21H32N4O6S. The van der Waals surface area contributed by atoms with Crippen molar-refractivity contribution in [2.75, 3.05) is 52.4 Å². The summed E-state index contributed by atoms with van der Waals surface area (Å²) in [6.45, 7) is 7.44. The van der Waals surface area contributed by atoms with Crippen molar-refractivity contribution < 1.29 is 27.5 Å². The van der Waals surface area contributed by atoms with Gasteiger partial charge in [0.25, 0.3) is 16.1 Å². The number of carbonyl (C=O) groups excluding carboxylic acids is 2. The molecule has 2 aliphatic heterocycles. The van der Waals surface area contributed by atoms with Crippen molar-refractivity contribution >= 4 is 22.0 Å². The summed E-state index contributed by atoms with van der Waals surface area (Å²) in [4.78, 5) is 26.6. The van der Waals surface area contributed by atoms with Gasteiger partial charge < -0.3 is 19.7 Å². The van der Waals surface area contributed by atoms with Crippen LogP contribution in [0.1, 0.15) is 31.1 Å². The number of para-hydroxylation sites is 1. The van der Waals surface area contributed by atoms with Gasteiger partial charge in [0.2, 0.25) is 5.91 Å². The fraction of sp³-hybridized carbons (Fsp3) is 0.619. The van der Waals surface area contributed by atoms with Crippen LogP contribution >= 0.6 is 0 Å². The third-order valence-corrected chi connectivity index (χ3v) is 7.43. The molecule has 2 amide bonds. The van der Waals surface area contributed by atoms with Crippen LogP contribution in [0.15, 0.2) is 24.3 Å². The molecule has 10 nitrogen and oxygen atoms in total. The van der Waals surface area contributed by atoms with Gasteiger partial charge >= 0.3 is 0 Å². The minimum atomic E-state index is -3.61. The summed E-state index contributed by atoms with van der Waals surface area (Å²) in [6.07, 6.45) is -0.319. The van der Waals surface area contributed by atoms with Gasteiger partial charge in [-0.2, -0.15) is 17.0 Å². The number of morpholine rings is 1. The molecule has 2 atom stereocenters. The number of nitrogens with zero attached hydrogens (tertiary/aromatic N) is 3. The zero-order valence-electron chi connectivity index (χ0n) is 18.8. The quantitative estimate of drug-likeness (QED) is 0.617. The summed E-state index contributed by atoms with van der Waals surface area (Å²) in [5.74, 6) is -0.178. The molecule has 2 aliphatic rings. The molecule has 2 fully saturated rings. The van der Waals surface area contributed by atoms with E-state index in [1.54, 1.807) is 29.2 Å². The third kappa shape index (κ3) is 5.77. The Hall–Kier alpha value is -2.21. The van der Waals surface area contributed by atoms with E-state index < -0.39 is 10.2 Å². The molecule has 11 heteroatoms. The molecule has 0 spiro atoms. The molecule has 3 rings (SSSR count). The second-order valence-corrected chi connectivity index (χ2v) is 9.90.